The Balaban J connectivity index is 1.40. The second-order valence-electron chi connectivity index (χ2n) is 11.3. The number of hydrogen-bond acceptors (Lipinski definition) is 3. The van der Waals surface area contributed by atoms with Crippen LogP contribution >= 0.6 is 22.7 Å². The van der Waals surface area contributed by atoms with E-state index < -0.39 is 0 Å². The second-order valence-corrected chi connectivity index (χ2v) is 13.4. The van der Waals surface area contributed by atoms with Crippen molar-refractivity contribution in [3.8, 4) is 22.3 Å². The van der Waals surface area contributed by atoms with Crippen LogP contribution in [0.5, 0.6) is 0 Å². The van der Waals surface area contributed by atoms with Crippen molar-refractivity contribution in [2.24, 2.45) is 0 Å². The van der Waals surface area contributed by atoms with Gasteiger partial charge in [0.05, 0.1) is 16.1 Å². The molecule has 0 aliphatic carbocycles. The summed E-state index contributed by atoms with van der Waals surface area (Å²) in [5, 5.41) is 5.18. The number of rotatable bonds is 5. The van der Waals surface area contributed by atoms with Crippen LogP contribution in [0.1, 0.15) is 0 Å². The summed E-state index contributed by atoms with van der Waals surface area (Å²) in [6, 6.07) is 59.6. The van der Waals surface area contributed by atoms with Crippen LogP contribution < -0.4 is 4.90 Å². The molecule has 0 amide bonds. The highest BCUT2D eigenvalue weighted by atomic mass is 32.1. The predicted octanol–water partition coefficient (Wildman–Crippen LogP) is 13.2. The van der Waals surface area contributed by atoms with Gasteiger partial charge in [0.15, 0.2) is 0 Å². The maximum absolute atomic E-state index is 2.52. The minimum Gasteiger partial charge on any atom is -0.308 e. The van der Waals surface area contributed by atoms with Crippen LogP contribution in [-0.2, 0) is 0 Å². The van der Waals surface area contributed by atoms with Crippen molar-refractivity contribution >= 4 is 80.1 Å². The zero-order chi connectivity index (χ0) is 29.7. The van der Waals surface area contributed by atoms with Gasteiger partial charge in [-0.25, -0.2) is 0 Å². The van der Waals surface area contributed by atoms with Crippen LogP contribution in [0.15, 0.2) is 164 Å². The van der Waals surface area contributed by atoms with Crippen molar-refractivity contribution in [2.75, 3.05) is 4.90 Å². The Morgan fingerprint density at radius 2 is 0.978 bits per heavy atom. The van der Waals surface area contributed by atoms with Crippen LogP contribution in [0.2, 0.25) is 0 Å². The summed E-state index contributed by atoms with van der Waals surface area (Å²) in [6.07, 6.45) is 0. The van der Waals surface area contributed by atoms with Gasteiger partial charge in [0.25, 0.3) is 0 Å². The molecule has 212 valence electrons. The normalized spacial score (nSPS) is 11.6. The van der Waals surface area contributed by atoms with E-state index >= 15 is 0 Å². The maximum Gasteiger partial charge on any atom is 0.0718 e. The molecule has 9 rings (SSSR count). The Labute approximate surface area is 269 Å². The average Bonchev–Trinajstić information content (AvgIpc) is 3.69. The summed E-state index contributed by atoms with van der Waals surface area (Å²) in [4.78, 5) is 2.52. The lowest BCUT2D eigenvalue weighted by atomic mass is 9.98. The maximum atomic E-state index is 2.52. The Hall–Kier alpha value is -5.22. The van der Waals surface area contributed by atoms with Crippen molar-refractivity contribution in [3.05, 3.63) is 164 Å². The summed E-state index contributed by atoms with van der Waals surface area (Å²) in [5.74, 6) is 0. The average molecular weight is 610 g/mol. The summed E-state index contributed by atoms with van der Waals surface area (Å²) in [6.45, 7) is 0. The molecule has 0 aliphatic heterocycles. The van der Waals surface area contributed by atoms with Crippen molar-refractivity contribution < 1.29 is 0 Å². The van der Waals surface area contributed by atoms with E-state index in [9.17, 15) is 0 Å². The molecule has 0 aliphatic rings. The van der Waals surface area contributed by atoms with E-state index in [1.54, 1.807) is 0 Å². The third kappa shape index (κ3) is 4.35. The molecule has 0 radical (unpaired) electrons. The number of fused-ring (bicyclic) bond motifs is 6. The number of thiophene rings is 2. The van der Waals surface area contributed by atoms with E-state index in [4.69, 9.17) is 0 Å². The van der Waals surface area contributed by atoms with E-state index in [0.717, 1.165) is 5.69 Å². The monoisotopic (exact) mass is 609 g/mol. The molecule has 0 spiro atoms. The van der Waals surface area contributed by atoms with Gasteiger partial charge in [-0.15, -0.1) is 22.7 Å². The van der Waals surface area contributed by atoms with Crippen LogP contribution in [-0.4, -0.2) is 0 Å². The number of hydrogen-bond donors (Lipinski definition) is 0. The van der Waals surface area contributed by atoms with Gasteiger partial charge in [0.1, 0.15) is 0 Å². The third-order valence-corrected chi connectivity index (χ3v) is 11.0. The molecule has 0 saturated carbocycles. The molecule has 2 aromatic heterocycles. The fraction of sp³-hybridized carbons (Fsp3) is 0. The lowest BCUT2D eigenvalue weighted by Crippen LogP contribution is -2.12. The quantitative estimate of drug-likeness (QED) is 0.188. The lowest BCUT2D eigenvalue weighted by molar-refractivity contribution is 1.32. The Morgan fingerprint density at radius 1 is 0.378 bits per heavy atom. The van der Waals surface area contributed by atoms with E-state index in [-0.39, 0.29) is 0 Å². The topological polar surface area (TPSA) is 3.24 Å². The predicted molar refractivity (Wildman–Crippen MR) is 198 cm³/mol. The van der Waals surface area contributed by atoms with Gasteiger partial charge in [-0.1, -0.05) is 127 Å². The molecule has 3 heteroatoms. The molecule has 0 bridgehead atoms. The van der Waals surface area contributed by atoms with E-state index in [1.807, 2.05) is 22.7 Å². The van der Waals surface area contributed by atoms with Crippen molar-refractivity contribution in [2.45, 2.75) is 0 Å². The molecule has 0 fully saturated rings. The molecular formula is C42H27NS2. The van der Waals surface area contributed by atoms with E-state index in [2.05, 4.69) is 169 Å². The Morgan fingerprint density at radius 3 is 1.73 bits per heavy atom. The van der Waals surface area contributed by atoms with Crippen LogP contribution in [0.3, 0.4) is 0 Å². The molecule has 0 unspecified atom stereocenters. The molecule has 2 heterocycles. The minimum absolute atomic E-state index is 1.14. The SMILES string of the molecule is c1ccc(-c2ccc(N(c3c(-c4ccccc4)ccc4c3sc3ccccc34)c3cccc4sc5ccccc5c34)cc2)cc1. The van der Waals surface area contributed by atoms with Gasteiger partial charge in [-0.2, -0.15) is 0 Å². The smallest absolute Gasteiger partial charge is 0.0718 e. The highest BCUT2D eigenvalue weighted by Crippen LogP contribution is 2.52. The molecule has 0 N–H and O–H groups in total. The first-order chi connectivity index (χ1) is 22.3. The first-order valence-electron chi connectivity index (χ1n) is 15.2. The first kappa shape index (κ1) is 26.2. The summed E-state index contributed by atoms with van der Waals surface area (Å²) >= 11 is 3.75. The molecule has 7 aromatic carbocycles. The molecule has 0 saturated heterocycles. The second kappa shape index (κ2) is 10.7. The van der Waals surface area contributed by atoms with Crippen molar-refractivity contribution in [3.63, 3.8) is 0 Å². The highest BCUT2D eigenvalue weighted by molar-refractivity contribution is 7.26. The van der Waals surface area contributed by atoms with Gasteiger partial charge >= 0.3 is 0 Å². The lowest BCUT2D eigenvalue weighted by Gasteiger charge is -2.29. The van der Waals surface area contributed by atoms with Gasteiger partial charge < -0.3 is 4.90 Å². The van der Waals surface area contributed by atoms with Gasteiger partial charge in [0.2, 0.25) is 0 Å². The van der Waals surface area contributed by atoms with Crippen LogP contribution in [0.4, 0.5) is 17.1 Å². The fourth-order valence-corrected chi connectivity index (χ4v) is 8.98. The first-order valence-corrected chi connectivity index (χ1v) is 16.8. The zero-order valence-electron chi connectivity index (χ0n) is 24.4. The molecule has 0 atom stereocenters. The number of nitrogens with zero attached hydrogens (tertiary/aromatic N) is 1. The summed E-state index contributed by atoms with van der Waals surface area (Å²) < 4.78 is 5.20. The summed E-state index contributed by atoms with van der Waals surface area (Å²) in [5.41, 5.74) is 8.41. The highest BCUT2D eigenvalue weighted by Gasteiger charge is 2.25. The molecule has 9 aromatic rings. The number of benzene rings is 7. The van der Waals surface area contributed by atoms with E-state index in [0.29, 0.717) is 0 Å². The third-order valence-electron chi connectivity index (χ3n) is 8.68. The standard InChI is InChI=1S/C42H27NS2/c1-3-12-28(13-4-1)29-22-24-31(25-23-29)43(36-18-11-21-39-40(36)35-17-8-10-20-38(35)44-39)41-32(30-14-5-2-6-15-30)26-27-34-33-16-7-9-19-37(33)45-42(34)41/h1-27H. The van der Waals surface area contributed by atoms with E-state index in [1.165, 1.54) is 74.0 Å². The van der Waals surface area contributed by atoms with Gasteiger partial charge in [-0.3, -0.25) is 0 Å². The fourth-order valence-electron chi connectivity index (χ4n) is 6.61. The molecule has 45 heavy (non-hydrogen) atoms. The number of anilines is 3. The zero-order valence-corrected chi connectivity index (χ0v) is 26.0. The van der Waals surface area contributed by atoms with Gasteiger partial charge in [-0.05, 0) is 53.1 Å². The summed E-state index contributed by atoms with van der Waals surface area (Å²) in [7, 11) is 0. The minimum atomic E-state index is 1.14. The van der Waals surface area contributed by atoms with Crippen molar-refractivity contribution in [1.29, 1.82) is 0 Å². The Bertz CT molecular complexity index is 2470. The van der Waals surface area contributed by atoms with Crippen LogP contribution in [0.25, 0.3) is 62.6 Å². The molecular weight excluding hydrogens is 583 g/mol. The van der Waals surface area contributed by atoms with Gasteiger partial charge in [0, 0.05) is 46.9 Å². The molecule has 1 nitrogen and oxygen atoms in total. The van der Waals surface area contributed by atoms with Crippen molar-refractivity contribution in [1.82, 2.24) is 0 Å². The van der Waals surface area contributed by atoms with Crippen LogP contribution in [0, 0.1) is 0 Å². The largest absolute Gasteiger partial charge is 0.308 e. The Kier molecular flexibility index (Phi) is 6.26.